The number of carbonyl (C=O) groups is 1. The Morgan fingerprint density at radius 2 is 1.86 bits per heavy atom. The zero-order valence-electron chi connectivity index (χ0n) is 20.6. The highest BCUT2D eigenvalue weighted by Gasteiger charge is 2.25. The minimum absolute atomic E-state index is 0.0543. The van der Waals surface area contributed by atoms with Gasteiger partial charge in [0.15, 0.2) is 0 Å². The average Bonchev–Trinajstić information content (AvgIpc) is 3.26. The van der Waals surface area contributed by atoms with E-state index in [2.05, 4.69) is 59.3 Å². The monoisotopic (exact) mass is 493 g/mol. The van der Waals surface area contributed by atoms with Crippen LogP contribution in [0.2, 0.25) is 0 Å². The number of fused-ring (bicyclic) bond motifs is 1. The van der Waals surface area contributed by atoms with E-state index in [-0.39, 0.29) is 10.5 Å². The lowest BCUT2D eigenvalue weighted by Crippen LogP contribution is -2.29. The molecule has 36 heavy (non-hydrogen) atoms. The van der Waals surface area contributed by atoms with Crippen LogP contribution in [0.15, 0.2) is 65.8 Å². The number of imidazole rings is 1. The van der Waals surface area contributed by atoms with Gasteiger partial charge in [0.25, 0.3) is 5.24 Å². The summed E-state index contributed by atoms with van der Waals surface area (Å²) in [6.07, 6.45) is 2.94. The lowest BCUT2D eigenvalue weighted by molar-refractivity contribution is 0.261. The molecular formula is C29H27N5OS. The summed E-state index contributed by atoms with van der Waals surface area (Å²) in [6.45, 7) is 6.26. The number of rotatable bonds is 6. The number of hydrogen-bond acceptors (Lipinski definition) is 5. The number of unbranched alkanes of at least 4 members (excludes halogenated alkanes) is 1. The first-order valence-corrected chi connectivity index (χ1v) is 13.0. The van der Waals surface area contributed by atoms with Gasteiger partial charge in [0.1, 0.15) is 5.82 Å². The third-order valence-electron chi connectivity index (χ3n) is 6.49. The smallest absolute Gasteiger partial charge is 0.296 e. The van der Waals surface area contributed by atoms with E-state index in [0.717, 1.165) is 69.8 Å². The molecule has 0 bridgehead atoms. The molecule has 1 aromatic heterocycles. The number of nitrogens with one attached hydrogen (secondary N) is 1. The quantitative estimate of drug-likeness (QED) is 0.321. The normalized spacial score (nSPS) is 15.4. The number of amides is 1. The van der Waals surface area contributed by atoms with Crippen LogP contribution in [0.1, 0.15) is 49.2 Å². The molecule has 0 saturated heterocycles. The minimum atomic E-state index is -0.138. The summed E-state index contributed by atoms with van der Waals surface area (Å²) in [4.78, 5) is 16.9. The van der Waals surface area contributed by atoms with E-state index in [1.54, 1.807) is 0 Å². The van der Waals surface area contributed by atoms with Crippen molar-refractivity contribution >= 4 is 33.7 Å². The fourth-order valence-corrected chi connectivity index (χ4v) is 5.48. The topological polar surface area (TPSA) is 83.1 Å². The summed E-state index contributed by atoms with van der Waals surface area (Å²) in [5, 5.41) is 14.0. The van der Waals surface area contributed by atoms with Gasteiger partial charge in [-0.2, -0.15) is 10.4 Å². The molecule has 1 atom stereocenters. The summed E-state index contributed by atoms with van der Waals surface area (Å²) in [5.41, 5.74) is 10.9. The zero-order chi connectivity index (χ0) is 25.2. The predicted molar refractivity (Wildman–Crippen MR) is 147 cm³/mol. The van der Waals surface area contributed by atoms with Crippen molar-refractivity contribution in [3.63, 3.8) is 0 Å². The molecule has 1 unspecified atom stereocenters. The standard InChI is InChI=1S/C29H27N5OS/c1-4-5-14-26-31-27-18(2)15-21(28-19(3)36-29(35)33-32-28)16-25(27)34(26)24-13-9-8-12-23(24)22-11-7-6-10-20(22)17-30/h6-13,15-16,19H,4-5,14H2,1-3H3,(H,33,35). The molecule has 7 heteroatoms. The second-order valence-electron chi connectivity index (χ2n) is 8.96. The Labute approximate surface area is 215 Å². The van der Waals surface area contributed by atoms with Gasteiger partial charge in [0.05, 0.1) is 39.3 Å². The van der Waals surface area contributed by atoms with Crippen molar-refractivity contribution in [1.29, 1.82) is 5.26 Å². The largest absolute Gasteiger partial charge is 0.299 e. The van der Waals surface area contributed by atoms with Gasteiger partial charge in [-0.1, -0.05) is 61.5 Å². The van der Waals surface area contributed by atoms with Gasteiger partial charge in [-0.3, -0.25) is 9.36 Å². The Morgan fingerprint density at radius 3 is 2.61 bits per heavy atom. The number of thioether (sulfide) groups is 1. The van der Waals surface area contributed by atoms with Gasteiger partial charge in [-0.05, 0) is 50.1 Å². The maximum atomic E-state index is 11.8. The van der Waals surface area contributed by atoms with Crippen molar-refractivity contribution in [2.45, 2.75) is 45.3 Å². The number of aryl methyl sites for hydroxylation is 2. The molecule has 180 valence electrons. The maximum Gasteiger partial charge on any atom is 0.299 e. The van der Waals surface area contributed by atoms with Gasteiger partial charge >= 0.3 is 0 Å². The highest BCUT2D eigenvalue weighted by atomic mass is 32.2. The number of nitriles is 1. The first-order valence-electron chi connectivity index (χ1n) is 12.2. The summed E-state index contributed by atoms with van der Waals surface area (Å²) in [7, 11) is 0. The van der Waals surface area contributed by atoms with E-state index >= 15 is 0 Å². The molecule has 0 saturated carbocycles. The molecule has 1 aliphatic rings. The minimum Gasteiger partial charge on any atom is -0.296 e. The first-order chi connectivity index (χ1) is 17.5. The van der Waals surface area contributed by atoms with E-state index in [4.69, 9.17) is 4.98 Å². The molecule has 5 rings (SSSR count). The van der Waals surface area contributed by atoms with Crippen molar-refractivity contribution < 1.29 is 4.79 Å². The van der Waals surface area contributed by atoms with Crippen LogP contribution in [0.5, 0.6) is 0 Å². The van der Waals surface area contributed by atoms with E-state index in [1.807, 2.05) is 43.3 Å². The van der Waals surface area contributed by atoms with Crippen LogP contribution in [-0.4, -0.2) is 25.8 Å². The van der Waals surface area contributed by atoms with Crippen molar-refractivity contribution in [2.24, 2.45) is 5.10 Å². The Morgan fingerprint density at radius 1 is 1.11 bits per heavy atom. The fourth-order valence-electron chi connectivity index (χ4n) is 4.76. The summed E-state index contributed by atoms with van der Waals surface area (Å²) in [6, 6.07) is 22.5. The number of carbonyl (C=O) groups excluding carboxylic acids is 1. The zero-order valence-corrected chi connectivity index (χ0v) is 21.4. The Bertz CT molecular complexity index is 1550. The molecule has 2 heterocycles. The van der Waals surface area contributed by atoms with Crippen LogP contribution < -0.4 is 5.43 Å². The van der Waals surface area contributed by atoms with Gasteiger partial charge in [-0.25, -0.2) is 10.4 Å². The molecule has 0 spiro atoms. The first kappa shape index (κ1) is 23.8. The van der Waals surface area contributed by atoms with E-state index in [1.165, 1.54) is 11.8 Å². The number of hydrogen-bond donors (Lipinski definition) is 1. The Balaban J connectivity index is 1.78. The Hall–Kier alpha value is -3.89. The summed E-state index contributed by atoms with van der Waals surface area (Å²) in [5.74, 6) is 0.996. The molecule has 0 radical (unpaired) electrons. The average molecular weight is 494 g/mol. The van der Waals surface area contributed by atoms with E-state index in [9.17, 15) is 10.1 Å². The molecule has 1 N–H and O–H groups in total. The lowest BCUT2D eigenvalue weighted by Gasteiger charge is -2.19. The highest BCUT2D eigenvalue weighted by Crippen LogP contribution is 2.34. The van der Waals surface area contributed by atoms with Crippen molar-refractivity contribution in [3.05, 3.63) is 83.2 Å². The predicted octanol–water partition coefficient (Wildman–Crippen LogP) is 6.76. The molecule has 6 nitrogen and oxygen atoms in total. The van der Waals surface area contributed by atoms with Gasteiger partial charge in [0, 0.05) is 23.1 Å². The molecular weight excluding hydrogens is 466 g/mol. The van der Waals surface area contributed by atoms with Gasteiger partial charge in [0.2, 0.25) is 0 Å². The van der Waals surface area contributed by atoms with Gasteiger partial charge < -0.3 is 0 Å². The molecule has 0 fully saturated rings. The van der Waals surface area contributed by atoms with Crippen LogP contribution in [0.25, 0.3) is 27.8 Å². The molecule has 1 amide bonds. The summed E-state index contributed by atoms with van der Waals surface area (Å²) >= 11 is 1.24. The lowest BCUT2D eigenvalue weighted by atomic mass is 9.98. The van der Waals surface area contributed by atoms with Crippen LogP contribution in [-0.2, 0) is 6.42 Å². The third kappa shape index (κ3) is 4.29. The number of nitrogens with zero attached hydrogens (tertiary/aromatic N) is 4. The second kappa shape index (κ2) is 10.00. The maximum absolute atomic E-state index is 11.8. The number of aromatic nitrogens is 2. The van der Waals surface area contributed by atoms with Crippen LogP contribution in [0, 0.1) is 18.3 Å². The number of hydrazone groups is 1. The molecule has 0 aliphatic carbocycles. The molecule has 3 aromatic carbocycles. The Kier molecular flexibility index (Phi) is 6.62. The van der Waals surface area contributed by atoms with E-state index < -0.39 is 0 Å². The van der Waals surface area contributed by atoms with Gasteiger partial charge in [-0.15, -0.1) is 0 Å². The van der Waals surface area contributed by atoms with Crippen LogP contribution >= 0.6 is 11.8 Å². The highest BCUT2D eigenvalue weighted by molar-refractivity contribution is 8.14. The number of para-hydroxylation sites is 1. The van der Waals surface area contributed by atoms with Crippen molar-refractivity contribution in [3.8, 4) is 22.9 Å². The number of benzene rings is 3. The van der Waals surface area contributed by atoms with Crippen LogP contribution in [0.3, 0.4) is 0 Å². The SMILES string of the molecule is CCCCc1nc2c(C)cc(C3=NNC(=O)SC3C)cc2n1-c1ccccc1-c1ccccc1C#N. The van der Waals surface area contributed by atoms with Crippen LogP contribution in [0.4, 0.5) is 4.79 Å². The summed E-state index contributed by atoms with van der Waals surface area (Å²) < 4.78 is 2.24. The van der Waals surface area contributed by atoms with E-state index in [0.29, 0.717) is 5.56 Å². The van der Waals surface area contributed by atoms with Crippen molar-refractivity contribution in [2.75, 3.05) is 0 Å². The molecule has 4 aromatic rings. The molecule has 1 aliphatic heterocycles. The second-order valence-corrected chi connectivity index (χ2v) is 10.3. The third-order valence-corrected chi connectivity index (χ3v) is 7.37. The van der Waals surface area contributed by atoms with Crippen molar-refractivity contribution in [1.82, 2.24) is 15.0 Å². The fraction of sp³-hybridized carbons (Fsp3) is 0.241.